The van der Waals surface area contributed by atoms with E-state index in [1.54, 1.807) is 9.58 Å². The second kappa shape index (κ2) is 9.28. The van der Waals surface area contributed by atoms with Gasteiger partial charge in [-0.15, -0.1) is 0 Å². The van der Waals surface area contributed by atoms with E-state index in [2.05, 4.69) is 24.7 Å². The second-order valence-electron chi connectivity index (χ2n) is 10.7. The highest BCUT2D eigenvalue weighted by atomic mass is 28.3. The predicted octanol–water partition coefficient (Wildman–Crippen LogP) is 5.60. The van der Waals surface area contributed by atoms with E-state index in [0.29, 0.717) is 50.3 Å². The van der Waals surface area contributed by atoms with Gasteiger partial charge in [-0.25, -0.2) is 13.9 Å². The van der Waals surface area contributed by atoms with Gasteiger partial charge in [0.05, 0.1) is 0 Å². The first kappa shape index (κ1) is 23.7. The monoisotopic (exact) mass is 449 g/mol. The molecule has 1 saturated heterocycles. The number of likely N-dealkylation sites (tertiary alicyclic amines) is 1. The first-order valence-corrected chi connectivity index (χ1v) is 14.8. The summed E-state index contributed by atoms with van der Waals surface area (Å²) in [4.78, 5) is 14.0. The van der Waals surface area contributed by atoms with Crippen LogP contribution in [0.15, 0.2) is 18.3 Å². The molecule has 6 nitrogen and oxygen atoms in total. The van der Waals surface area contributed by atoms with Crippen molar-refractivity contribution in [1.29, 1.82) is 0 Å². The minimum atomic E-state index is -1.13. The van der Waals surface area contributed by atoms with E-state index in [1.807, 2.05) is 39.1 Å². The average molecular weight is 450 g/mol. The van der Waals surface area contributed by atoms with Crippen LogP contribution < -0.4 is 0 Å². The normalized spacial score (nSPS) is 16.2. The van der Waals surface area contributed by atoms with E-state index in [0.717, 1.165) is 11.4 Å². The summed E-state index contributed by atoms with van der Waals surface area (Å²) in [5.41, 5.74) is 0.560. The molecular weight excluding hydrogens is 413 g/mol. The Kier molecular flexibility index (Phi) is 7.10. The van der Waals surface area contributed by atoms with Gasteiger partial charge in [0.1, 0.15) is 17.8 Å². The van der Waals surface area contributed by atoms with Crippen molar-refractivity contribution in [3.63, 3.8) is 0 Å². The first-order chi connectivity index (χ1) is 14.4. The lowest BCUT2D eigenvalue weighted by Crippen LogP contribution is -2.41. The molecule has 8 heteroatoms. The van der Waals surface area contributed by atoms with Crippen molar-refractivity contribution in [2.45, 2.75) is 77.5 Å². The lowest BCUT2D eigenvalue weighted by molar-refractivity contribution is 0.0204. The smallest absolute Gasteiger partial charge is 0.410 e. The zero-order chi connectivity index (χ0) is 22.8. The van der Waals surface area contributed by atoms with E-state index in [9.17, 15) is 4.79 Å². The highest BCUT2D eigenvalue weighted by Gasteiger charge is 2.29. The number of nitrogens with zero attached hydrogens (tertiary/aromatic N) is 3. The lowest BCUT2D eigenvalue weighted by atomic mass is 9.88. The van der Waals surface area contributed by atoms with Crippen LogP contribution in [-0.2, 0) is 16.2 Å². The molecule has 1 aromatic heterocycles. The third-order valence-electron chi connectivity index (χ3n) is 5.50. The highest BCUT2D eigenvalue weighted by Crippen LogP contribution is 2.33. The number of benzene rings is 1. The predicted molar refractivity (Wildman–Crippen MR) is 124 cm³/mol. The summed E-state index contributed by atoms with van der Waals surface area (Å²) in [7, 11) is -1.13. The van der Waals surface area contributed by atoms with Crippen LogP contribution in [0.5, 0.6) is 0 Å². The average Bonchev–Trinajstić information content (AvgIpc) is 3.08. The highest BCUT2D eigenvalue weighted by molar-refractivity contribution is 6.76. The van der Waals surface area contributed by atoms with Gasteiger partial charge < -0.3 is 14.4 Å². The van der Waals surface area contributed by atoms with Gasteiger partial charge in [0.25, 0.3) is 0 Å². The molecule has 0 saturated carbocycles. The number of hydrogen-bond donors (Lipinski definition) is 0. The molecule has 0 radical (unpaired) electrons. The van der Waals surface area contributed by atoms with Crippen molar-refractivity contribution in [3.05, 3.63) is 29.7 Å². The number of fused-ring (bicyclic) bond motifs is 1. The summed E-state index contributed by atoms with van der Waals surface area (Å²) >= 11 is 0. The van der Waals surface area contributed by atoms with Crippen molar-refractivity contribution in [3.8, 4) is 0 Å². The van der Waals surface area contributed by atoms with Crippen molar-refractivity contribution in [2.75, 3.05) is 19.7 Å². The Morgan fingerprint density at radius 3 is 2.52 bits per heavy atom. The zero-order valence-electron chi connectivity index (χ0n) is 19.7. The molecule has 0 atom stereocenters. The fourth-order valence-electron chi connectivity index (χ4n) is 3.74. The zero-order valence-corrected chi connectivity index (χ0v) is 20.7. The standard InChI is InChI=1S/C23H36FN3O3Si/c1-23(2,3)30-22(28)26-11-9-17(10-12-26)19-8-7-18-15-27(25-21(18)20(19)24)16-29-13-14-31(4,5)6/h7-8,15,17H,9-14,16H2,1-6H3. The SMILES string of the molecule is CC(C)(C)OC(=O)N1CCC(c2ccc3cn(COCC[Si](C)(C)C)nc3c2F)CC1. The van der Waals surface area contributed by atoms with Gasteiger partial charge >= 0.3 is 6.09 Å². The summed E-state index contributed by atoms with van der Waals surface area (Å²) in [5, 5.41) is 5.21. The van der Waals surface area contributed by atoms with E-state index < -0.39 is 13.7 Å². The van der Waals surface area contributed by atoms with E-state index in [4.69, 9.17) is 9.47 Å². The molecule has 172 valence electrons. The molecular formula is C23H36FN3O3Si. The fourth-order valence-corrected chi connectivity index (χ4v) is 4.49. The Morgan fingerprint density at radius 1 is 1.23 bits per heavy atom. The Bertz CT molecular complexity index is 909. The van der Waals surface area contributed by atoms with Gasteiger partial charge in [0, 0.05) is 39.4 Å². The summed E-state index contributed by atoms with van der Waals surface area (Å²) in [6.07, 6.45) is 2.96. The molecule has 1 fully saturated rings. The Balaban J connectivity index is 1.62. The third-order valence-corrected chi connectivity index (χ3v) is 7.20. The van der Waals surface area contributed by atoms with Crippen LogP contribution in [0.1, 0.15) is 45.1 Å². The number of halogens is 1. The first-order valence-electron chi connectivity index (χ1n) is 11.1. The van der Waals surface area contributed by atoms with Crippen LogP contribution in [0.3, 0.4) is 0 Å². The number of ether oxygens (including phenoxy) is 2. The topological polar surface area (TPSA) is 56.6 Å². The van der Waals surface area contributed by atoms with Gasteiger partial charge in [0.2, 0.25) is 0 Å². The van der Waals surface area contributed by atoms with Crippen LogP contribution in [0.4, 0.5) is 9.18 Å². The van der Waals surface area contributed by atoms with Crippen molar-refractivity contribution < 1.29 is 18.7 Å². The van der Waals surface area contributed by atoms with Gasteiger partial charge in [-0.2, -0.15) is 5.10 Å². The second-order valence-corrected chi connectivity index (χ2v) is 16.3. The minimum absolute atomic E-state index is 0.0706. The number of rotatable bonds is 6. The number of carbonyl (C=O) groups is 1. The summed E-state index contributed by atoms with van der Waals surface area (Å²) < 4.78 is 28.1. The van der Waals surface area contributed by atoms with E-state index >= 15 is 4.39 Å². The maximum Gasteiger partial charge on any atom is 0.410 e. The number of aromatic nitrogens is 2. The van der Waals surface area contributed by atoms with Gasteiger partial charge in [-0.05, 0) is 51.1 Å². The quantitative estimate of drug-likeness (QED) is 0.425. The van der Waals surface area contributed by atoms with Crippen molar-refractivity contribution in [1.82, 2.24) is 14.7 Å². The fraction of sp³-hybridized carbons (Fsp3) is 0.652. The summed E-state index contributed by atoms with van der Waals surface area (Å²) in [6, 6.07) is 4.89. The third kappa shape index (κ3) is 6.52. The van der Waals surface area contributed by atoms with Gasteiger partial charge in [-0.3, -0.25) is 0 Å². The van der Waals surface area contributed by atoms with E-state index in [-0.39, 0.29) is 17.8 Å². The molecule has 2 aromatic rings. The minimum Gasteiger partial charge on any atom is -0.444 e. The van der Waals surface area contributed by atoms with Crippen LogP contribution in [0.25, 0.3) is 10.9 Å². The maximum absolute atomic E-state index is 15.3. The van der Waals surface area contributed by atoms with Gasteiger partial charge in [-0.1, -0.05) is 31.8 Å². The van der Waals surface area contributed by atoms with Crippen LogP contribution in [0.2, 0.25) is 25.7 Å². The molecule has 0 unspecified atom stereocenters. The molecule has 1 aliphatic heterocycles. The van der Waals surface area contributed by atoms with Crippen LogP contribution in [0, 0.1) is 5.82 Å². The Hall–Kier alpha value is -1.93. The van der Waals surface area contributed by atoms with Gasteiger partial charge in [0.15, 0.2) is 5.82 Å². The molecule has 0 aliphatic carbocycles. The molecule has 0 N–H and O–H groups in total. The largest absolute Gasteiger partial charge is 0.444 e. The number of amides is 1. The lowest BCUT2D eigenvalue weighted by Gasteiger charge is -2.33. The maximum atomic E-state index is 15.3. The Labute approximate surface area is 185 Å². The van der Waals surface area contributed by atoms with Crippen LogP contribution >= 0.6 is 0 Å². The van der Waals surface area contributed by atoms with Crippen molar-refractivity contribution in [2.24, 2.45) is 0 Å². The van der Waals surface area contributed by atoms with Crippen molar-refractivity contribution >= 4 is 25.1 Å². The summed E-state index contributed by atoms with van der Waals surface area (Å²) in [5.74, 6) is -0.185. The molecule has 3 rings (SSSR count). The molecule has 0 bridgehead atoms. The molecule has 1 aromatic carbocycles. The Morgan fingerprint density at radius 2 is 1.90 bits per heavy atom. The molecule has 31 heavy (non-hydrogen) atoms. The number of piperidine rings is 1. The number of hydrogen-bond acceptors (Lipinski definition) is 4. The molecule has 0 spiro atoms. The van der Waals surface area contributed by atoms with Crippen LogP contribution in [-0.4, -0.2) is 54.1 Å². The summed E-state index contributed by atoms with van der Waals surface area (Å²) in [6.45, 7) is 14.7. The molecule has 1 amide bonds. The molecule has 2 heterocycles. The van der Waals surface area contributed by atoms with E-state index in [1.165, 1.54) is 0 Å². The number of carbonyl (C=O) groups excluding carboxylic acids is 1. The molecule has 1 aliphatic rings.